The van der Waals surface area contributed by atoms with Crippen LogP contribution in [-0.4, -0.2) is 4.40 Å². The van der Waals surface area contributed by atoms with E-state index in [2.05, 4.69) is 102 Å². The van der Waals surface area contributed by atoms with Crippen LogP contribution >= 0.6 is 11.6 Å². The number of hydrogen-bond donors (Lipinski definition) is 0. The van der Waals surface area contributed by atoms with Crippen molar-refractivity contribution in [2.75, 3.05) is 0 Å². The molecule has 5 aromatic rings. The van der Waals surface area contributed by atoms with Gasteiger partial charge in [-0.15, -0.1) is 0 Å². The molecule has 0 unspecified atom stereocenters. The van der Waals surface area contributed by atoms with Gasteiger partial charge in [-0.1, -0.05) is 84.4 Å². The van der Waals surface area contributed by atoms with Gasteiger partial charge in [0.05, 0.1) is 5.69 Å². The van der Waals surface area contributed by atoms with Crippen molar-refractivity contribution < 1.29 is 0 Å². The van der Waals surface area contributed by atoms with Crippen molar-refractivity contribution in [3.8, 4) is 33.5 Å². The predicted octanol–water partition coefficient (Wildman–Crippen LogP) is 7.59. The summed E-state index contributed by atoms with van der Waals surface area (Å²) in [7, 11) is 0. The number of aromatic nitrogens is 1. The molecule has 0 saturated carbocycles. The van der Waals surface area contributed by atoms with Gasteiger partial charge in [0.1, 0.15) is 0 Å². The topological polar surface area (TPSA) is 4.41 Å². The second-order valence-corrected chi connectivity index (χ2v) is 7.29. The number of fused-ring (bicyclic) bond motifs is 1. The van der Waals surface area contributed by atoms with Crippen molar-refractivity contribution in [1.82, 2.24) is 4.40 Å². The highest BCUT2D eigenvalue weighted by Crippen LogP contribution is 2.36. The van der Waals surface area contributed by atoms with Crippen LogP contribution in [0, 0.1) is 0 Å². The molecule has 0 spiro atoms. The molecular weight excluding hydrogens is 362 g/mol. The summed E-state index contributed by atoms with van der Waals surface area (Å²) < 4.78 is 2.26. The summed E-state index contributed by atoms with van der Waals surface area (Å²) in [6, 6.07) is 35.9. The van der Waals surface area contributed by atoms with Crippen molar-refractivity contribution in [1.29, 1.82) is 0 Å². The standard InChI is InChI=1S/C26H18ClN/c27-23-15-13-20(14-16-23)19-9-11-22(12-10-19)26-25(21-6-2-1-3-7-21)18-24-8-4-5-17-28(24)26/h1-18H. The van der Waals surface area contributed by atoms with Crippen LogP contribution in [0.15, 0.2) is 109 Å². The van der Waals surface area contributed by atoms with Gasteiger partial charge in [-0.05, 0) is 52.6 Å². The molecule has 0 aliphatic heterocycles. The van der Waals surface area contributed by atoms with Crippen LogP contribution in [0.4, 0.5) is 0 Å². The molecule has 2 heterocycles. The largest absolute Gasteiger partial charge is 0.316 e. The van der Waals surface area contributed by atoms with Gasteiger partial charge in [-0.2, -0.15) is 0 Å². The second-order valence-electron chi connectivity index (χ2n) is 6.85. The molecule has 0 saturated heterocycles. The van der Waals surface area contributed by atoms with Gasteiger partial charge in [0.15, 0.2) is 0 Å². The number of rotatable bonds is 3. The van der Waals surface area contributed by atoms with E-state index in [0.717, 1.165) is 5.02 Å². The molecule has 0 amide bonds. The zero-order valence-electron chi connectivity index (χ0n) is 15.2. The first-order valence-corrected chi connectivity index (χ1v) is 9.69. The molecule has 134 valence electrons. The minimum absolute atomic E-state index is 0.757. The molecule has 0 fully saturated rings. The van der Waals surface area contributed by atoms with E-state index in [1.165, 1.54) is 39.0 Å². The average molecular weight is 380 g/mol. The molecule has 1 nitrogen and oxygen atoms in total. The van der Waals surface area contributed by atoms with Crippen molar-refractivity contribution in [3.05, 3.63) is 114 Å². The van der Waals surface area contributed by atoms with Gasteiger partial charge in [0.25, 0.3) is 0 Å². The number of pyridine rings is 1. The first-order chi connectivity index (χ1) is 13.8. The summed E-state index contributed by atoms with van der Waals surface area (Å²) in [6.45, 7) is 0. The van der Waals surface area contributed by atoms with E-state index in [0.29, 0.717) is 0 Å². The zero-order chi connectivity index (χ0) is 18.9. The highest BCUT2D eigenvalue weighted by Gasteiger charge is 2.13. The fourth-order valence-corrected chi connectivity index (χ4v) is 3.84. The van der Waals surface area contributed by atoms with E-state index in [1.807, 2.05) is 12.1 Å². The van der Waals surface area contributed by atoms with Gasteiger partial charge in [0.2, 0.25) is 0 Å². The van der Waals surface area contributed by atoms with E-state index >= 15 is 0 Å². The van der Waals surface area contributed by atoms with E-state index in [4.69, 9.17) is 11.6 Å². The smallest absolute Gasteiger partial charge is 0.0607 e. The van der Waals surface area contributed by atoms with Crippen LogP contribution in [0.2, 0.25) is 5.02 Å². The van der Waals surface area contributed by atoms with Crippen LogP contribution in [0.25, 0.3) is 39.0 Å². The van der Waals surface area contributed by atoms with E-state index in [1.54, 1.807) is 0 Å². The highest BCUT2D eigenvalue weighted by atomic mass is 35.5. The Kier molecular flexibility index (Phi) is 4.23. The van der Waals surface area contributed by atoms with E-state index in [9.17, 15) is 0 Å². The monoisotopic (exact) mass is 379 g/mol. The molecule has 3 aromatic carbocycles. The van der Waals surface area contributed by atoms with Gasteiger partial charge < -0.3 is 4.40 Å². The first-order valence-electron chi connectivity index (χ1n) is 9.31. The minimum Gasteiger partial charge on any atom is -0.316 e. The van der Waals surface area contributed by atoms with Gasteiger partial charge >= 0.3 is 0 Å². The third kappa shape index (κ3) is 3.00. The summed E-state index contributed by atoms with van der Waals surface area (Å²) in [4.78, 5) is 0. The molecule has 2 heteroatoms. The molecule has 28 heavy (non-hydrogen) atoms. The Morgan fingerprint density at radius 3 is 1.86 bits per heavy atom. The summed E-state index contributed by atoms with van der Waals surface area (Å²) in [6.07, 6.45) is 2.13. The summed E-state index contributed by atoms with van der Waals surface area (Å²) >= 11 is 6.02. The molecular formula is C26H18ClN. The third-order valence-corrected chi connectivity index (χ3v) is 5.35. The lowest BCUT2D eigenvalue weighted by molar-refractivity contribution is 1.20. The molecule has 0 radical (unpaired) electrons. The number of benzene rings is 3. The molecule has 0 atom stereocenters. The van der Waals surface area contributed by atoms with Crippen molar-refractivity contribution in [2.45, 2.75) is 0 Å². The highest BCUT2D eigenvalue weighted by molar-refractivity contribution is 6.30. The zero-order valence-corrected chi connectivity index (χ0v) is 16.0. The van der Waals surface area contributed by atoms with Crippen LogP contribution < -0.4 is 0 Å². The van der Waals surface area contributed by atoms with Gasteiger partial charge in [-0.25, -0.2) is 0 Å². The Labute approximate surface area is 169 Å². The van der Waals surface area contributed by atoms with Crippen LogP contribution in [0.5, 0.6) is 0 Å². The number of hydrogen-bond acceptors (Lipinski definition) is 0. The summed E-state index contributed by atoms with van der Waals surface area (Å²) in [5.41, 5.74) is 8.42. The lowest BCUT2D eigenvalue weighted by Gasteiger charge is -2.09. The van der Waals surface area contributed by atoms with Gasteiger partial charge in [-0.3, -0.25) is 0 Å². The van der Waals surface area contributed by atoms with E-state index < -0.39 is 0 Å². The van der Waals surface area contributed by atoms with E-state index in [-0.39, 0.29) is 0 Å². The Morgan fingerprint density at radius 2 is 1.14 bits per heavy atom. The molecule has 0 N–H and O–H groups in total. The first kappa shape index (κ1) is 16.9. The maximum atomic E-state index is 6.02. The molecule has 0 bridgehead atoms. The Balaban J connectivity index is 1.65. The summed E-state index contributed by atoms with van der Waals surface area (Å²) in [5, 5.41) is 0.757. The SMILES string of the molecule is Clc1ccc(-c2ccc(-c3c(-c4ccccc4)cc4ccccn34)cc2)cc1. The molecule has 5 rings (SSSR count). The third-order valence-electron chi connectivity index (χ3n) is 5.10. The fraction of sp³-hybridized carbons (Fsp3) is 0. The predicted molar refractivity (Wildman–Crippen MR) is 119 cm³/mol. The Bertz CT molecular complexity index is 1230. The van der Waals surface area contributed by atoms with Crippen LogP contribution in [-0.2, 0) is 0 Å². The molecule has 0 aliphatic carbocycles. The van der Waals surface area contributed by atoms with Crippen LogP contribution in [0.3, 0.4) is 0 Å². The lowest BCUT2D eigenvalue weighted by Crippen LogP contribution is -1.89. The Morgan fingerprint density at radius 1 is 0.536 bits per heavy atom. The van der Waals surface area contributed by atoms with Crippen molar-refractivity contribution in [2.24, 2.45) is 0 Å². The number of halogens is 1. The fourth-order valence-electron chi connectivity index (χ4n) is 3.72. The van der Waals surface area contributed by atoms with Crippen LogP contribution in [0.1, 0.15) is 0 Å². The minimum atomic E-state index is 0.757. The molecule has 0 aliphatic rings. The Hall–Kier alpha value is -3.29. The normalized spacial score (nSPS) is 11.0. The quantitative estimate of drug-likeness (QED) is 0.304. The maximum Gasteiger partial charge on any atom is 0.0607 e. The van der Waals surface area contributed by atoms with Gasteiger partial charge in [0, 0.05) is 22.3 Å². The second kappa shape index (κ2) is 7.03. The lowest BCUT2D eigenvalue weighted by atomic mass is 9.99. The number of nitrogens with zero attached hydrogens (tertiary/aromatic N) is 1. The maximum absolute atomic E-state index is 6.02. The summed E-state index contributed by atoms with van der Waals surface area (Å²) in [5.74, 6) is 0. The average Bonchev–Trinajstić information content (AvgIpc) is 3.15. The van der Waals surface area contributed by atoms with Crippen molar-refractivity contribution in [3.63, 3.8) is 0 Å². The molecule has 2 aromatic heterocycles. The van der Waals surface area contributed by atoms with Crippen molar-refractivity contribution >= 4 is 17.1 Å².